The van der Waals surface area contributed by atoms with Gasteiger partial charge in [0.1, 0.15) is 0 Å². The molecule has 1 rings (SSSR count). The van der Waals surface area contributed by atoms with Gasteiger partial charge < -0.3 is 5.73 Å². The molecule has 0 saturated carbocycles. The smallest absolute Gasteiger partial charge is 0.0414 e. The zero-order chi connectivity index (χ0) is 5.11. The van der Waals surface area contributed by atoms with Crippen molar-refractivity contribution in [1.29, 1.82) is 0 Å². The largest absolute Gasteiger partial charge is 0.323 e. The molecule has 0 amide bonds. The first-order valence-electron chi connectivity index (χ1n) is 2.30. The van der Waals surface area contributed by atoms with E-state index in [-0.39, 0.29) is 6.04 Å². The molecule has 2 N–H and O–H groups in total. The third-order valence-corrected chi connectivity index (χ3v) is 1.56. The summed E-state index contributed by atoms with van der Waals surface area (Å²) in [5.74, 6) is 1.08. The molecule has 40 valence electrons. The maximum atomic E-state index is 5.47. The highest BCUT2D eigenvalue weighted by Gasteiger charge is 2.01. The average Bonchev–Trinajstić information content (AvgIpc) is 1.69. The maximum Gasteiger partial charge on any atom is 0.0414 e. The van der Waals surface area contributed by atoms with Crippen LogP contribution in [0.25, 0.3) is 0 Å². The molecule has 0 aromatic carbocycles. The summed E-state index contributed by atoms with van der Waals surface area (Å²) in [6, 6.07) is 0.223. The second-order valence-electron chi connectivity index (χ2n) is 1.54. The van der Waals surface area contributed by atoms with Crippen LogP contribution in [0.1, 0.15) is 6.42 Å². The predicted octanol–water partition coefficient (Wildman–Crippen LogP) is 0.436. The molecule has 0 fully saturated rings. The molecule has 7 heavy (non-hydrogen) atoms. The topological polar surface area (TPSA) is 38.4 Å². The van der Waals surface area contributed by atoms with E-state index in [2.05, 4.69) is 4.40 Å². The van der Waals surface area contributed by atoms with Crippen LogP contribution in [-0.4, -0.2) is 18.0 Å². The van der Waals surface area contributed by atoms with Crippen molar-refractivity contribution in [3.05, 3.63) is 0 Å². The number of hydrogen-bond acceptors (Lipinski definition) is 3. The van der Waals surface area contributed by atoms with Crippen molar-refractivity contribution in [3.63, 3.8) is 0 Å². The standard InChI is InChI=1S/C4H8N2S/c5-4-1-2-7-6-3-4/h3-4H,1-2,5H2. The normalized spacial score (nSPS) is 30.7. The third kappa shape index (κ3) is 1.49. The Labute approximate surface area is 47.3 Å². The lowest BCUT2D eigenvalue weighted by Gasteiger charge is -2.06. The van der Waals surface area contributed by atoms with Gasteiger partial charge in [0.2, 0.25) is 0 Å². The van der Waals surface area contributed by atoms with Crippen LogP contribution >= 0.6 is 11.9 Å². The van der Waals surface area contributed by atoms with Crippen LogP contribution in [0, 0.1) is 0 Å². The molecular formula is C4H8N2S. The molecule has 0 saturated heterocycles. The van der Waals surface area contributed by atoms with Crippen LogP contribution in [0.2, 0.25) is 0 Å². The Morgan fingerprint density at radius 1 is 1.86 bits per heavy atom. The quantitative estimate of drug-likeness (QED) is 0.466. The maximum absolute atomic E-state index is 5.47. The van der Waals surface area contributed by atoms with E-state index in [9.17, 15) is 0 Å². The van der Waals surface area contributed by atoms with Crippen molar-refractivity contribution < 1.29 is 0 Å². The van der Waals surface area contributed by atoms with Crippen LogP contribution in [0.4, 0.5) is 0 Å². The molecule has 1 aliphatic rings. The molecule has 0 aromatic rings. The van der Waals surface area contributed by atoms with E-state index in [1.54, 1.807) is 18.2 Å². The first-order chi connectivity index (χ1) is 3.39. The van der Waals surface area contributed by atoms with Crippen molar-refractivity contribution in [2.75, 3.05) is 5.75 Å². The molecule has 1 atom stereocenters. The molecule has 1 aliphatic heterocycles. The van der Waals surface area contributed by atoms with Crippen molar-refractivity contribution in [3.8, 4) is 0 Å². The summed E-state index contributed by atoms with van der Waals surface area (Å²) >= 11 is 1.59. The lowest BCUT2D eigenvalue weighted by Crippen LogP contribution is -2.23. The number of rotatable bonds is 0. The first kappa shape index (κ1) is 5.12. The minimum atomic E-state index is 0.223. The van der Waals surface area contributed by atoms with E-state index >= 15 is 0 Å². The zero-order valence-corrected chi connectivity index (χ0v) is 4.82. The van der Waals surface area contributed by atoms with Gasteiger partial charge in [-0.1, -0.05) is 0 Å². The first-order valence-corrected chi connectivity index (χ1v) is 3.25. The molecule has 0 aromatic heterocycles. The zero-order valence-electron chi connectivity index (χ0n) is 4.00. The van der Waals surface area contributed by atoms with Gasteiger partial charge >= 0.3 is 0 Å². The summed E-state index contributed by atoms with van der Waals surface area (Å²) in [5, 5.41) is 0. The molecule has 0 spiro atoms. The molecule has 0 aliphatic carbocycles. The van der Waals surface area contributed by atoms with E-state index in [1.807, 2.05) is 0 Å². The molecule has 1 unspecified atom stereocenters. The molecule has 3 heteroatoms. The number of hydrogen-bond donors (Lipinski definition) is 1. The van der Waals surface area contributed by atoms with E-state index in [0.717, 1.165) is 12.2 Å². The number of nitrogens with zero attached hydrogens (tertiary/aromatic N) is 1. The Hall–Kier alpha value is -0.0200. The Kier molecular flexibility index (Phi) is 1.70. The predicted molar refractivity (Wildman–Crippen MR) is 33.5 cm³/mol. The van der Waals surface area contributed by atoms with Gasteiger partial charge in [-0.3, -0.25) is 0 Å². The summed E-state index contributed by atoms with van der Waals surface area (Å²) in [5.41, 5.74) is 5.47. The van der Waals surface area contributed by atoms with E-state index < -0.39 is 0 Å². The SMILES string of the molecule is NC1C=NSCC1. The lowest BCUT2D eigenvalue weighted by atomic mass is 10.3. The van der Waals surface area contributed by atoms with E-state index in [0.29, 0.717) is 0 Å². The minimum absolute atomic E-state index is 0.223. The monoisotopic (exact) mass is 116 g/mol. The van der Waals surface area contributed by atoms with Gasteiger partial charge in [0.25, 0.3) is 0 Å². The minimum Gasteiger partial charge on any atom is -0.323 e. The van der Waals surface area contributed by atoms with Crippen LogP contribution in [0.3, 0.4) is 0 Å². The number of nitrogens with two attached hydrogens (primary N) is 1. The highest BCUT2D eigenvalue weighted by molar-refractivity contribution is 7.98. The van der Waals surface area contributed by atoms with Crippen LogP contribution in [0.5, 0.6) is 0 Å². The van der Waals surface area contributed by atoms with Crippen LogP contribution < -0.4 is 5.73 Å². The van der Waals surface area contributed by atoms with Gasteiger partial charge in [0.15, 0.2) is 0 Å². The molecule has 0 radical (unpaired) electrons. The molecule has 0 bridgehead atoms. The molecular weight excluding hydrogens is 108 g/mol. The fraction of sp³-hybridized carbons (Fsp3) is 0.750. The van der Waals surface area contributed by atoms with Crippen molar-refractivity contribution in [2.24, 2.45) is 10.1 Å². The average molecular weight is 116 g/mol. The second-order valence-corrected chi connectivity index (χ2v) is 2.42. The Balaban J connectivity index is 2.36. The van der Waals surface area contributed by atoms with Crippen LogP contribution in [0.15, 0.2) is 4.40 Å². The molecule has 1 heterocycles. The van der Waals surface area contributed by atoms with Crippen molar-refractivity contribution in [1.82, 2.24) is 0 Å². The van der Waals surface area contributed by atoms with Gasteiger partial charge in [-0.25, -0.2) is 4.40 Å². The highest BCUT2D eigenvalue weighted by Crippen LogP contribution is 2.08. The van der Waals surface area contributed by atoms with Crippen LogP contribution in [-0.2, 0) is 0 Å². The van der Waals surface area contributed by atoms with E-state index in [4.69, 9.17) is 5.73 Å². The summed E-state index contributed by atoms with van der Waals surface area (Å²) < 4.78 is 3.92. The summed E-state index contributed by atoms with van der Waals surface area (Å²) in [6.07, 6.45) is 2.88. The third-order valence-electron chi connectivity index (χ3n) is 0.869. The second kappa shape index (κ2) is 2.33. The van der Waals surface area contributed by atoms with Crippen molar-refractivity contribution in [2.45, 2.75) is 12.5 Å². The fourth-order valence-electron chi connectivity index (χ4n) is 0.437. The lowest BCUT2D eigenvalue weighted by molar-refractivity contribution is 0.837. The summed E-state index contributed by atoms with van der Waals surface area (Å²) in [6.45, 7) is 0. The Morgan fingerprint density at radius 2 is 2.71 bits per heavy atom. The summed E-state index contributed by atoms with van der Waals surface area (Å²) in [7, 11) is 0. The molecule has 2 nitrogen and oxygen atoms in total. The van der Waals surface area contributed by atoms with Gasteiger partial charge in [-0.15, -0.1) is 0 Å². The van der Waals surface area contributed by atoms with Gasteiger partial charge in [0.05, 0.1) is 0 Å². The van der Waals surface area contributed by atoms with E-state index in [1.165, 1.54) is 0 Å². The summed E-state index contributed by atoms with van der Waals surface area (Å²) in [4.78, 5) is 0. The van der Waals surface area contributed by atoms with Gasteiger partial charge in [-0.2, -0.15) is 0 Å². The van der Waals surface area contributed by atoms with Crippen molar-refractivity contribution >= 4 is 18.2 Å². The Bertz CT molecular complexity index is 81.8. The van der Waals surface area contributed by atoms with Gasteiger partial charge in [-0.05, 0) is 18.4 Å². The van der Waals surface area contributed by atoms with Gasteiger partial charge in [0, 0.05) is 18.0 Å². The fourth-order valence-corrected chi connectivity index (χ4v) is 1.16. The highest BCUT2D eigenvalue weighted by atomic mass is 32.2. The Morgan fingerprint density at radius 3 is 3.00 bits per heavy atom.